The number of benzene rings is 7. The molecule has 3 N–H and O–H groups in total. The highest BCUT2D eigenvalue weighted by Crippen LogP contribution is 2.54. The van der Waals surface area contributed by atoms with Gasteiger partial charge in [0, 0.05) is 27.4 Å². The van der Waals surface area contributed by atoms with Gasteiger partial charge in [0.25, 0.3) is 0 Å². The van der Waals surface area contributed by atoms with E-state index in [1.807, 2.05) is 12.1 Å². The first-order chi connectivity index (χ1) is 28.2. The Kier molecular flexibility index (Phi) is 8.35. The molecular formula is C56H52O3. The summed E-state index contributed by atoms with van der Waals surface area (Å²) in [4.78, 5) is 0. The summed E-state index contributed by atoms with van der Waals surface area (Å²) >= 11 is 0. The van der Waals surface area contributed by atoms with Crippen LogP contribution in [0.4, 0.5) is 0 Å². The van der Waals surface area contributed by atoms with E-state index in [9.17, 15) is 15.3 Å². The molecule has 0 radical (unpaired) electrons. The molecule has 0 saturated carbocycles. The highest BCUT2D eigenvalue weighted by molar-refractivity contribution is 5.89. The number of hydrogen-bond donors (Lipinski definition) is 3. The van der Waals surface area contributed by atoms with Crippen LogP contribution in [0.5, 0.6) is 5.75 Å². The number of rotatable bonds is 7. The van der Waals surface area contributed by atoms with Crippen molar-refractivity contribution >= 4 is 0 Å². The third kappa shape index (κ3) is 5.62. The Morgan fingerprint density at radius 2 is 0.695 bits per heavy atom. The van der Waals surface area contributed by atoms with Crippen molar-refractivity contribution in [1.29, 1.82) is 0 Å². The minimum atomic E-state index is -0.261. The van der Waals surface area contributed by atoms with Gasteiger partial charge < -0.3 is 15.3 Å². The number of hydrogen-bond acceptors (Lipinski definition) is 3. The molecule has 59 heavy (non-hydrogen) atoms. The van der Waals surface area contributed by atoms with Crippen molar-refractivity contribution in [2.75, 3.05) is 0 Å². The number of aliphatic hydroxyl groups excluding tert-OH is 2. The number of aryl methyl sites for hydroxylation is 3. The molecule has 3 aliphatic rings. The van der Waals surface area contributed by atoms with E-state index in [2.05, 4.69) is 158 Å². The summed E-state index contributed by atoms with van der Waals surface area (Å²) in [6.07, 6.45) is 1.57. The molecule has 7 aromatic rings. The van der Waals surface area contributed by atoms with Gasteiger partial charge in [0.05, 0.1) is 13.2 Å². The molecular weight excluding hydrogens is 721 g/mol. The van der Waals surface area contributed by atoms with Gasteiger partial charge in [-0.15, -0.1) is 0 Å². The molecule has 10 rings (SSSR count). The first-order valence-electron chi connectivity index (χ1n) is 21.1. The highest BCUT2D eigenvalue weighted by Gasteiger charge is 2.39. The van der Waals surface area contributed by atoms with Gasteiger partial charge in [-0.2, -0.15) is 0 Å². The maximum atomic E-state index is 10.3. The Morgan fingerprint density at radius 1 is 0.373 bits per heavy atom. The topological polar surface area (TPSA) is 60.7 Å². The molecule has 3 heteroatoms. The van der Waals surface area contributed by atoms with E-state index < -0.39 is 0 Å². The Hall–Kier alpha value is -5.74. The molecule has 3 nitrogen and oxygen atoms in total. The van der Waals surface area contributed by atoms with Gasteiger partial charge in [0.2, 0.25) is 0 Å². The van der Waals surface area contributed by atoms with Crippen LogP contribution in [0, 0.1) is 6.92 Å². The van der Waals surface area contributed by atoms with Gasteiger partial charge in [-0.1, -0.05) is 132 Å². The molecule has 0 amide bonds. The van der Waals surface area contributed by atoms with Crippen LogP contribution in [-0.2, 0) is 42.3 Å². The Balaban J connectivity index is 0.928. The van der Waals surface area contributed by atoms with Crippen LogP contribution in [0.15, 0.2) is 121 Å². The predicted octanol–water partition coefficient (Wildman–Crippen LogP) is 12.7. The van der Waals surface area contributed by atoms with Crippen molar-refractivity contribution in [3.63, 3.8) is 0 Å². The molecule has 0 aliphatic heterocycles. The largest absolute Gasteiger partial charge is 0.507 e. The van der Waals surface area contributed by atoms with E-state index in [1.165, 1.54) is 100 Å². The van der Waals surface area contributed by atoms with Crippen LogP contribution in [0.1, 0.15) is 103 Å². The normalized spacial score (nSPS) is 15.6. The Bertz CT molecular complexity index is 2880. The first kappa shape index (κ1) is 37.5. The van der Waals surface area contributed by atoms with E-state index >= 15 is 0 Å². The maximum Gasteiger partial charge on any atom is 0.126 e. The third-order valence-electron chi connectivity index (χ3n) is 14.3. The summed E-state index contributed by atoms with van der Waals surface area (Å²) in [5, 5.41) is 29.8. The summed E-state index contributed by atoms with van der Waals surface area (Å²) in [6.45, 7) is 15.8. The molecule has 0 heterocycles. The minimum absolute atomic E-state index is 0.0183. The zero-order chi connectivity index (χ0) is 41.2. The standard InChI is InChI=1S/C56H52O3/c1-32-8-16-41-43-18-12-35(26-49(43)54(2,3)47(41)22-32)37-14-20-45-46-21-15-38(29-52(46)56(6,7)51(45)28-37)36-13-19-44-42-17-11-33(25-48(42)55(4,5)50(44)27-36)9-10-34-23-39(30-57)53(59)40(24-34)31-58/h8,11-29,57-59H,9-10,30-31H2,1-7H3. The van der Waals surface area contributed by atoms with Crippen molar-refractivity contribution in [3.05, 3.63) is 183 Å². The second-order valence-corrected chi connectivity index (χ2v) is 18.9. The summed E-state index contributed by atoms with van der Waals surface area (Å²) in [6, 6.07) is 45.8. The van der Waals surface area contributed by atoms with Gasteiger partial charge >= 0.3 is 0 Å². The monoisotopic (exact) mass is 772 g/mol. The average molecular weight is 773 g/mol. The molecule has 0 saturated heterocycles. The van der Waals surface area contributed by atoms with Crippen molar-refractivity contribution in [1.82, 2.24) is 0 Å². The Morgan fingerprint density at radius 3 is 1.08 bits per heavy atom. The molecule has 0 aromatic heterocycles. The lowest BCUT2D eigenvalue weighted by atomic mass is 9.79. The summed E-state index contributed by atoms with van der Waals surface area (Å²) in [5.74, 6) is -0.0183. The zero-order valence-corrected chi connectivity index (χ0v) is 35.2. The Labute approximate surface area is 348 Å². The van der Waals surface area contributed by atoms with Gasteiger partial charge in [-0.25, -0.2) is 0 Å². The van der Waals surface area contributed by atoms with Crippen LogP contribution in [0.2, 0.25) is 0 Å². The smallest absolute Gasteiger partial charge is 0.126 e. The van der Waals surface area contributed by atoms with Crippen molar-refractivity contribution in [3.8, 4) is 61.4 Å². The van der Waals surface area contributed by atoms with E-state index in [4.69, 9.17) is 0 Å². The van der Waals surface area contributed by atoms with Crippen LogP contribution in [0.3, 0.4) is 0 Å². The lowest BCUT2D eigenvalue weighted by Gasteiger charge is -2.24. The fourth-order valence-corrected chi connectivity index (χ4v) is 10.8. The first-order valence-corrected chi connectivity index (χ1v) is 21.1. The quantitative estimate of drug-likeness (QED) is 0.151. The highest BCUT2D eigenvalue weighted by atomic mass is 16.3. The van der Waals surface area contributed by atoms with E-state index in [0.29, 0.717) is 11.1 Å². The fraction of sp³-hybridized carbons (Fsp3) is 0.250. The van der Waals surface area contributed by atoms with Crippen LogP contribution in [0.25, 0.3) is 55.6 Å². The van der Waals surface area contributed by atoms with Crippen LogP contribution in [-0.4, -0.2) is 15.3 Å². The third-order valence-corrected chi connectivity index (χ3v) is 14.3. The fourth-order valence-electron chi connectivity index (χ4n) is 10.8. The second kappa shape index (κ2) is 13.1. The molecule has 294 valence electrons. The molecule has 0 fully saturated rings. The summed E-state index contributed by atoms with van der Waals surface area (Å²) < 4.78 is 0. The van der Waals surface area contributed by atoms with Crippen LogP contribution >= 0.6 is 0 Å². The van der Waals surface area contributed by atoms with Crippen molar-refractivity contribution in [2.45, 2.75) is 90.8 Å². The van der Waals surface area contributed by atoms with Crippen LogP contribution < -0.4 is 0 Å². The molecule has 0 bridgehead atoms. The van der Waals surface area contributed by atoms with E-state index in [1.54, 1.807) is 0 Å². The molecule has 7 aromatic carbocycles. The minimum Gasteiger partial charge on any atom is -0.507 e. The number of aromatic hydroxyl groups is 1. The van der Waals surface area contributed by atoms with Gasteiger partial charge in [-0.05, 0) is 156 Å². The SMILES string of the molecule is Cc1ccc2c(c1)C(C)(C)c1cc(-c3ccc4c(c3)C(C)(C)c3cc(-c5ccc6c(c5)C(C)(C)c5cc(CCc7cc(CO)c(O)c(CO)c7)ccc5-6)ccc3-4)ccc1-2. The van der Waals surface area contributed by atoms with Gasteiger partial charge in [-0.3, -0.25) is 0 Å². The molecule has 0 atom stereocenters. The molecule has 0 unspecified atom stereocenters. The molecule has 0 spiro atoms. The number of fused-ring (bicyclic) bond motifs is 9. The van der Waals surface area contributed by atoms with Gasteiger partial charge in [0.1, 0.15) is 5.75 Å². The lowest BCUT2D eigenvalue weighted by Crippen LogP contribution is -2.16. The van der Waals surface area contributed by atoms with Crippen molar-refractivity contribution < 1.29 is 15.3 Å². The summed E-state index contributed by atoms with van der Waals surface area (Å²) in [5.41, 5.74) is 25.4. The average Bonchev–Trinajstić information content (AvgIpc) is 3.71. The van der Waals surface area contributed by atoms with Crippen molar-refractivity contribution in [2.24, 2.45) is 0 Å². The van der Waals surface area contributed by atoms with Gasteiger partial charge in [0.15, 0.2) is 0 Å². The predicted molar refractivity (Wildman–Crippen MR) is 242 cm³/mol. The maximum absolute atomic E-state index is 10.3. The second-order valence-electron chi connectivity index (χ2n) is 18.9. The number of aliphatic hydroxyl groups is 2. The lowest BCUT2D eigenvalue weighted by molar-refractivity contribution is 0.263. The zero-order valence-electron chi connectivity index (χ0n) is 35.2. The van der Waals surface area contributed by atoms with E-state index in [0.717, 1.165) is 18.4 Å². The molecule has 3 aliphatic carbocycles. The summed E-state index contributed by atoms with van der Waals surface area (Å²) in [7, 11) is 0. The van der Waals surface area contributed by atoms with E-state index in [-0.39, 0.29) is 35.2 Å². The number of phenols is 1.